The number of carbonyl (C=O) groups is 2. The second-order valence-electron chi connectivity index (χ2n) is 6.77. The van der Waals surface area contributed by atoms with Gasteiger partial charge in [0.2, 0.25) is 0 Å². The summed E-state index contributed by atoms with van der Waals surface area (Å²) in [6.45, 7) is 2.58. The molecule has 0 spiro atoms. The summed E-state index contributed by atoms with van der Waals surface area (Å²) in [6, 6.07) is 8.05. The molecule has 0 radical (unpaired) electrons. The van der Waals surface area contributed by atoms with Crippen molar-refractivity contribution in [2.45, 2.75) is 41.4 Å². The molecule has 2 fully saturated rings. The molecule has 1 aromatic carbocycles. The van der Waals surface area contributed by atoms with Crippen LogP contribution in [0, 0.1) is 0 Å². The summed E-state index contributed by atoms with van der Waals surface area (Å²) in [5, 5.41) is 9.12. The van der Waals surface area contributed by atoms with Crippen LogP contribution >= 0.6 is 11.8 Å². The molecule has 27 heavy (non-hydrogen) atoms. The maximum absolute atomic E-state index is 12.2. The molecular weight excluding hydrogens is 370 g/mol. The van der Waals surface area contributed by atoms with Crippen LogP contribution in [0.5, 0.6) is 0 Å². The number of primary amides is 1. The number of piperidine rings is 1. The average Bonchev–Trinajstić information content (AvgIpc) is 2.69. The van der Waals surface area contributed by atoms with E-state index in [1.54, 1.807) is 0 Å². The lowest BCUT2D eigenvalue weighted by molar-refractivity contribution is -0.134. The van der Waals surface area contributed by atoms with Gasteiger partial charge in [0, 0.05) is 49.7 Å². The minimum Gasteiger partial charge on any atom is -0.446 e. The third-order valence-corrected chi connectivity index (χ3v) is 6.55. The first-order chi connectivity index (χ1) is 13.0. The Balaban J connectivity index is 1.62. The Morgan fingerprint density at radius 1 is 1.22 bits per heavy atom. The van der Waals surface area contributed by atoms with Gasteiger partial charge in [-0.15, -0.1) is 11.8 Å². The van der Waals surface area contributed by atoms with Crippen molar-refractivity contribution >= 4 is 29.4 Å². The Hall–Kier alpha value is -1.97. The van der Waals surface area contributed by atoms with Gasteiger partial charge in [-0.2, -0.15) is 0 Å². The topological polar surface area (TPSA) is 114 Å². The third kappa shape index (κ3) is 4.85. The molecule has 0 bridgehead atoms. The van der Waals surface area contributed by atoms with Gasteiger partial charge in [0.15, 0.2) is 0 Å². The summed E-state index contributed by atoms with van der Waals surface area (Å²) in [4.78, 5) is 26.3. The molecule has 2 aliphatic rings. The van der Waals surface area contributed by atoms with Crippen LogP contribution in [-0.2, 0) is 14.3 Å². The van der Waals surface area contributed by atoms with E-state index in [0.29, 0.717) is 26.1 Å². The minimum absolute atomic E-state index is 0.112. The summed E-state index contributed by atoms with van der Waals surface area (Å²) in [5.74, 6) is -0.378. The zero-order valence-corrected chi connectivity index (χ0v) is 15.9. The van der Waals surface area contributed by atoms with Gasteiger partial charge in [0.05, 0.1) is 0 Å². The third-order valence-electron chi connectivity index (χ3n) is 5.06. The second-order valence-corrected chi connectivity index (χ2v) is 8.22. The Bertz CT molecular complexity index is 655. The van der Waals surface area contributed by atoms with E-state index in [4.69, 9.17) is 20.4 Å². The molecule has 1 aromatic rings. The van der Waals surface area contributed by atoms with Crippen molar-refractivity contribution in [1.29, 1.82) is 0 Å². The van der Waals surface area contributed by atoms with E-state index >= 15 is 0 Å². The highest BCUT2D eigenvalue weighted by Crippen LogP contribution is 2.41. The molecule has 0 aromatic heterocycles. The lowest BCUT2D eigenvalue weighted by Gasteiger charge is -2.35. The molecule has 8 nitrogen and oxygen atoms in total. The van der Waals surface area contributed by atoms with E-state index in [2.05, 4.69) is 4.90 Å². The molecular formula is C18H25N3O5S. The van der Waals surface area contributed by atoms with Crippen LogP contribution in [-0.4, -0.2) is 54.4 Å². The molecule has 2 amide bonds. The van der Waals surface area contributed by atoms with Gasteiger partial charge in [-0.05, 0) is 37.1 Å². The Morgan fingerprint density at radius 2 is 1.85 bits per heavy atom. The lowest BCUT2D eigenvalue weighted by atomic mass is 9.98. The van der Waals surface area contributed by atoms with E-state index in [9.17, 15) is 9.59 Å². The number of rotatable bonds is 5. The highest BCUT2D eigenvalue weighted by Gasteiger charge is 2.41. The van der Waals surface area contributed by atoms with Crippen LogP contribution in [0.2, 0.25) is 0 Å². The van der Waals surface area contributed by atoms with E-state index < -0.39 is 10.8 Å². The fraction of sp³-hybridized carbons (Fsp3) is 0.556. The van der Waals surface area contributed by atoms with Crippen molar-refractivity contribution in [3.63, 3.8) is 0 Å². The Labute approximate surface area is 162 Å². The molecule has 2 saturated heterocycles. The number of ether oxygens (including phenoxy) is 2. The zero-order valence-electron chi connectivity index (χ0n) is 15.1. The number of amides is 2. The van der Waals surface area contributed by atoms with Crippen LogP contribution in [0.4, 0.5) is 10.5 Å². The summed E-state index contributed by atoms with van der Waals surface area (Å²) in [7, 11) is 0. The summed E-state index contributed by atoms with van der Waals surface area (Å²) in [6.07, 6.45) is 1.78. The average molecular weight is 395 g/mol. The number of hydrogen-bond acceptors (Lipinski definition) is 7. The molecule has 9 heteroatoms. The van der Waals surface area contributed by atoms with Crippen LogP contribution in [0.1, 0.15) is 25.7 Å². The van der Waals surface area contributed by atoms with Gasteiger partial charge in [0.25, 0.3) is 5.91 Å². The van der Waals surface area contributed by atoms with E-state index in [1.165, 1.54) is 11.8 Å². The van der Waals surface area contributed by atoms with Gasteiger partial charge < -0.3 is 20.1 Å². The van der Waals surface area contributed by atoms with Crippen molar-refractivity contribution in [2.24, 2.45) is 5.73 Å². The van der Waals surface area contributed by atoms with E-state index in [-0.39, 0.29) is 12.0 Å². The predicted molar refractivity (Wildman–Crippen MR) is 101 cm³/mol. The molecule has 0 saturated carbocycles. The standard InChI is InChI=1S/C18H25N3O5S/c19-17(23)26-14-5-9-21(10-6-14)13-1-3-15(4-2-13)27-18(16(22)20-24)7-11-25-12-8-18/h1-4,14,24H,5-12H2,(H2,19,23)(H,20,22). The number of carbonyl (C=O) groups excluding carboxylic acids is 2. The first-order valence-electron chi connectivity index (χ1n) is 9.05. The van der Waals surface area contributed by atoms with Crippen molar-refractivity contribution in [3.8, 4) is 0 Å². The van der Waals surface area contributed by atoms with Crippen LogP contribution < -0.4 is 16.1 Å². The zero-order chi connectivity index (χ0) is 19.3. The maximum atomic E-state index is 12.2. The molecule has 0 atom stereocenters. The highest BCUT2D eigenvalue weighted by atomic mass is 32.2. The van der Waals surface area contributed by atoms with Crippen LogP contribution in [0.15, 0.2) is 29.2 Å². The van der Waals surface area contributed by atoms with Gasteiger partial charge in [0.1, 0.15) is 10.9 Å². The summed E-state index contributed by atoms with van der Waals surface area (Å²) >= 11 is 1.47. The first-order valence-corrected chi connectivity index (χ1v) is 9.86. The van der Waals surface area contributed by atoms with Crippen LogP contribution in [0.25, 0.3) is 0 Å². The second kappa shape index (κ2) is 8.81. The predicted octanol–water partition coefficient (Wildman–Crippen LogP) is 1.90. The van der Waals surface area contributed by atoms with Crippen molar-refractivity contribution in [1.82, 2.24) is 5.48 Å². The fourth-order valence-electron chi connectivity index (χ4n) is 3.53. The molecule has 0 aliphatic carbocycles. The quantitative estimate of drug-likeness (QED) is 0.515. The number of benzene rings is 1. The normalized spacial score (nSPS) is 20.1. The SMILES string of the molecule is NC(=O)OC1CCN(c2ccc(SC3(C(=O)NO)CCOCC3)cc2)CC1. The number of hydroxylamine groups is 1. The number of hydrogen-bond donors (Lipinski definition) is 3. The summed E-state index contributed by atoms with van der Waals surface area (Å²) in [5.41, 5.74) is 7.97. The molecule has 2 aliphatic heterocycles. The number of nitrogens with one attached hydrogen (secondary N) is 1. The Kier molecular flexibility index (Phi) is 6.46. The monoisotopic (exact) mass is 395 g/mol. The maximum Gasteiger partial charge on any atom is 0.404 e. The molecule has 3 rings (SSSR count). The van der Waals surface area contributed by atoms with Crippen molar-refractivity contribution < 1.29 is 24.3 Å². The molecule has 148 valence electrons. The van der Waals surface area contributed by atoms with Gasteiger partial charge in [-0.3, -0.25) is 10.0 Å². The largest absolute Gasteiger partial charge is 0.446 e. The fourth-order valence-corrected chi connectivity index (χ4v) is 4.76. The van der Waals surface area contributed by atoms with E-state index in [0.717, 1.165) is 36.5 Å². The number of anilines is 1. The number of thioether (sulfide) groups is 1. The summed E-state index contributed by atoms with van der Waals surface area (Å²) < 4.78 is 9.72. The minimum atomic E-state index is -0.719. The van der Waals surface area contributed by atoms with Gasteiger partial charge in [-0.25, -0.2) is 10.3 Å². The highest BCUT2D eigenvalue weighted by molar-refractivity contribution is 8.01. The van der Waals surface area contributed by atoms with E-state index in [1.807, 2.05) is 29.7 Å². The van der Waals surface area contributed by atoms with Crippen molar-refractivity contribution in [2.75, 3.05) is 31.2 Å². The van der Waals surface area contributed by atoms with Gasteiger partial charge in [-0.1, -0.05) is 0 Å². The smallest absolute Gasteiger partial charge is 0.404 e. The van der Waals surface area contributed by atoms with Crippen LogP contribution in [0.3, 0.4) is 0 Å². The van der Waals surface area contributed by atoms with Crippen molar-refractivity contribution in [3.05, 3.63) is 24.3 Å². The molecule has 4 N–H and O–H groups in total. The Morgan fingerprint density at radius 3 is 2.41 bits per heavy atom. The molecule has 2 heterocycles. The lowest BCUT2D eigenvalue weighted by Crippen LogP contribution is -2.46. The first kappa shape index (κ1) is 19.8. The molecule has 0 unspecified atom stereocenters. The van der Waals surface area contributed by atoms with Gasteiger partial charge >= 0.3 is 6.09 Å². The number of nitrogens with zero attached hydrogens (tertiary/aromatic N) is 1. The number of nitrogens with two attached hydrogens (primary N) is 1.